The Morgan fingerprint density at radius 2 is 1.83 bits per heavy atom. The van der Waals surface area contributed by atoms with Crippen LogP contribution in [0.1, 0.15) is 77.0 Å². The van der Waals surface area contributed by atoms with E-state index in [9.17, 15) is 4.79 Å². The molecule has 23 heavy (non-hydrogen) atoms. The molecule has 0 aromatic carbocycles. The predicted molar refractivity (Wildman–Crippen MR) is 98.6 cm³/mol. The van der Waals surface area contributed by atoms with Gasteiger partial charge in [0.15, 0.2) is 0 Å². The molecule has 0 aromatic heterocycles. The van der Waals surface area contributed by atoms with Crippen molar-refractivity contribution >= 4 is 5.78 Å². The van der Waals surface area contributed by atoms with Crippen LogP contribution in [-0.2, 0) is 9.53 Å². The molecule has 1 fully saturated rings. The summed E-state index contributed by atoms with van der Waals surface area (Å²) in [5.41, 5.74) is 0. The van der Waals surface area contributed by atoms with Crippen molar-refractivity contribution in [3.63, 3.8) is 0 Å². The van der Waals surface area contributed by atoms with E-state index in [0.717, 1.165) is 31.6 Å². The van der Waals surface area contributed by atoms with Crippen molar-refractivity contribution in [3.8, 4) is 0 Å². The first-order chi connectivity index (χ1) is 11.2. The summed E-state index contributed by atoms with van der Waals surface area (Å²) in [4.78, 5) is 12.2. The normalized spacial score (nSPS) is 21.3. The van der Waals surface area contributed by atoms with E-state index in [-0.39, 0.29) is 5.92 Å². The fourth-order valence-corrected chi connectivity index (χ4v) is 3.77. The summed E-state index contributed by atoms with van der Waals surface area (Å²) in [6.07, 6.45) is 17.8. The van der Waals surface area contributed by atoms with Crippen LogP contribution in [0, 0.1) is 11.8 Å². The van der Waals surface area contributed by atoms with E-state index in [4.69, 9.17) is 4.74 Å². The summed E-state index contributed by atoms with van der Waals surface area (Å²) in [6.45, 7) is 7.49. The topological polar surface area (TPSA) is 26.3 Å². The molecule has 1 aliphatic rings. The molecular formula is C21H36O2. The van der Waals surface area contributed by atoms with Crippen LogP contribution >= 0.6 is 0 Å². The summed E-state index contributed by atoms with van der Waals surface area (Å²) >= 11 is 0. The number of carbonyl (C=O) groups excluding carboxylic acids is 1. The molecule has 0 radical (unpaired) electrons. The van der Waals surface area contributed by atoms with Crippen molar-refractivity contribution in [1.29, 1.82) is 0 Å². The van der Waals surface area contributed by atoms with Crippen LogP contribution < -0.4 is 0 Å². The highest BCUT2D eigenvalue weighted by atomic mass is 16.5. The molecule has 0 aliphatic heterocycles. The minimum absolute atomic E-state index is 0.109. The van der Waals surface area contributed by atoms with Gasteiger partial charge in [0.05, 0.1) is 6.10 Å². The average Bonchev–Trinajstić information content (AvgIpc) is 2.57. The molecule has 0 saturated heterocycles. The van der Waals surface area contributed by atoms with Gasteiger partial charge in [-0.3, -0.25) is 4.79 Å². The van der Waals surface area contributed by atoms with Crippen molar-refractivity contribution in [3.05, 3.63) is 25.3 Å². The van der Waals surface area contributed by atoms with Crippen molar-refractivity contribution < 1.29 is 9.53 Å². The second-order valence-corrected chi connectivity index (χ2v) is 7.06. The van der Waals surface area contributed by atoms with Crippen molar-refractivity contribution in [2.75, 3.05) is 7.11 Å². The molecule has 0 amide bonds. The van der Waals surface area contributed by atoms with Crippen molar-refractivity contribution in [1.82, 2.24) is 0 Å². The summed E-state index contributed by atoms with van der Waals surface area (Å²) in [7, 11) is 1.84. The van der Waals surface area contributed by atoms with Gasteiger partial charge in [0.2, 0.25) is 0 Å². The number of unbranched alkanes of at least 4 members (excludes halogenated alkanes) is 3. The molecule has 1 rings (SSSR count). The molecule has 1 aliphatic carbocycles. The van der Waals surface area contributed by atoms with Gasteiger partial charge in [-0.05, 0) is 38.0 Å². The third-order valence-corrected chi connectivity index (χ3v) is 5.21. The zero-order valence-electron chi connectivity index (χ0n) is 15.1. The van der Waals surface area contributed by atoms with Crippen LogP contribution in [-0.4, -0.2) is 19.0 Å². The lowest BCUT2D eigenvalue weighted by atomic mass is 9.84. The number of rotatable bonds is 13. The molecule has 1 unspecified atom stereocenters. The highest BCUT2D eigenvalue weighted by Gasteiger charge is 2.21. The third kappa shape index (κ3) is 8.50. The first-order valence-corrected chi connectivity index (χ1v) is 9.48. The number of methoxy groups -OCH3 is 1. The van der Waals surface area contributed by atoms with Crippen LogP contribution in [0.2, 0.25) is 0 Å². The van der Waals surface area contributed by atoms with Gasteiger partial charge in [-0.15, -0.1) is 13.2 Å². The van der Waals surface area contributed by atoms with Crippen LogP contribution in [0.15, 0.2) is 25.3 Å². The largest absolute Gasteiger partial charge is 0.381 e. The molecule has 0 bridgehead atoms. The summed E-state index contributed by atoms with van der Waals surface area (Å²) in [5, 5.41) is 0. The fraction of sp³-hybridized carbons (Fsp3) is 0.762. The lowest BCUT2D eigenvalue weighted by Crippen LogP contribution is -2.21. The van der Waals surface area contributed by atoms with Gasteiger partial charge in [0.25, 0.3) is 0 Å². The van der Waals surface area contributed by atoms with E-state index >= 15 is 0 Å². The van der Waals surface area contributed by atoms with Crippen LogP contribution in [0.25, 0.3) is 0 Å². The van der Waals surface area contributed by atoms with Gasteiger partial charge in [-0.25, -0.2) is 0 Å². The molecule has 0 N–H and O–H groups in total. The maximum atomic E-state index is 12.2. The minimum atomic E-state index is 0.109. The number of Topliss-reactive ketones (excluding diaryl/α,β-unsaturated/α-hetero) is 1. The molecule has 0 aromatic rings. The smallest absolute Gasteiger partial charge is 0.136 e. The van der Waals surface area contributed by atoms with E-state index < -0.39 is 0 Å². The minimum Gasteiger partial charge on any atom is -0.381 e. The Bertz CT molecular complexity index is 338. The number of ether oxygens (including phenoxy) is 1. The van der Waals surface area contributed by atoms with E-state index in [1.165, 1.54) is 51.4 Å². The number of carbonyl (C=O) groups is 1. The predicted octanol–water partition coefficient (Wildman–Crippen LogP) is 5.87. The Labute approximate surface area is 143 Å². The highest BCUT2D eigenvalue weighted by Crippen LogP contribution is 2.30. The molecule has 2 atom stereocenters. The Hall–Kier alpha value is -0.890. The Morgan fingerprint density at radius 3 is 2.48 bits per heavy atom. The number of hydrogen-bond acceptors (Lipinski definition) is 2. The first kappa shape index (κ1) is 20.2. The van der Waals surface area contributed by atoms with E-state index in [1.807, 2.05) is 19.3 Å². The molecule has 1 saturated carbocycles. The monoisotopic (exact) mass is 320 g/mol. The molecule has 132 valence electrons. The van der Waals surface area contributed by atoms with Crippen LogP contribution in [0.5, 0.6) is 0 Å². The van der Waals surface area contributed by atoms with Gasteiger partial charge in [-0.1, -0.05) is 50.7 Å². The fourth-order valence-electron chi connectivity index (χ4n) is 3.77. The lowest BCUT2D eigenvalue weighted by Gasteiger charge is -2.28. The number of allylic oxidation sites excluding steroid dienone is 2. The SMILES string of the molecule is C=CCC(CC=C)C(=O)CCCCCC[C@@H]1CCCC(OC)C1. The molecular weight excluding hydrogens is 284 g/mol. The molecule has 0 spiro atoms. The zero-order valence-corrected chi connectivity index (χ0v) is 15.1. The van der Waals surface area contributed by atoms with Gasteiger partial charge < -0.3 is 4.74 Å². The Kier molecular flexibility index (Phi) is 11.0. The summed E-state index contributed by atoms with van der Waals surface area (Å²) in [6, 6.07) is 0. The van der Waals surface area contributed by atoms with Crippen LogP contribution in [0.4, 0.5) is 0 Å². The van der Waals surface area contributed by atoms with E-state index in [2.05, 4.69) is 13.2 Å². The lowest BCUT2D eigenvalue weighted by molar-refractivity contribution is -0.122. The van der Waals surface area contributed by atoms with Gasteiger partial charge >= 0.3 is 0 Å². The summed E-state index contributed by atoms with van der Waals surface area (Å²) < 4.78 is 5.50. The summed E-state index contributed by atoms with van der Waals surface area (Å²) in [5.74, 6) is 1.36. The second kappa shape index (κ2) is 12.5. The van der Waals surface area contributed by atoms with E-state index in [0.29, 0.717) is 11.9 Å². The van der Waals surface area contributed by atoms with Crippen molar-refractivity contribution in [2.45, 2.75) is 83.2 Å². The molecule has 2 heteroatoms. The maximum absolute atomic E-state index is 12.2. The standard InChI is InChI=1S/C21H36O2/c1-4-11-19(12-5-2)21(22)16-9-7-6-8-13-18-14-10-15-20(17-18)23-3/h4-5,18-20H,1-2,6-17H2,3H3/t18-,20?/m1/s1. The molecule has 0 heterocycles. The van der Waals surface area contributed by atoms with Crippen molar-refractivity contribution in [2.24, 2.45) is 11.8 Å². The van der Waals surface area contributed by atoms with E-state index in [1.54, 1.807) is 0 Å². The quantitative estimate of drug-likeness (QED) is 0.313. The van der Waals surface area contributed by atoms with Gasteiger partial charge in [0.1, 0.15) is 5.78 Å². The maximum Gasteiger partial charge on any atom is 0.136 e. The Balaban J connectivity index is 2.07. The second-order valence-electron chi connectivity index (χ2n) is 7.06. The van der Waals surface area contributed by atoms with Crippen LogP contribution in [0.3, 0.4) is 0 Å². The molecule has 2 nitrogen and oxygen atoms in total. The number of hydrogen-bond donors (Lipinski definition) is 0. The first-order valence-electron chi connectivity index (χ1n) is 9.48. The Morgan fingerprint density at radius 1 is 1.13 bits per heavy atom. The van der Waals surface area contributed by atoms with Gasteiger partial charge in [0, 0.05) is 19.4 Å². The third-order valence-electron chi connectivity index (χ3n) is 5.21. The number of ketones is 1. The van der Waals surface area contributed by atoms with Gasteiger partial charge in [-0.2, -0.15) is 0 Å². The highest BCUT2D eigenvalue weighted by molar-refractivity contribution is 5.81. The zero-order chi connectivity index (χ0) is 16.9. The average molecular weight is 321 g/mol.